The lowest BCUT2D eigenvalue weighted by Gasteiger charge is -2.41. The molecule has 9 heteroatoms. The highest BCUT2D eigenvalue weighted by Crippen LogP contribution is 2.35. The molecular weight excluding hydrogens is 452 g/mol. The van der Waals surface area contributed by atoms with Crippen LogP contribution in [0.1, 0.15) is 47.6 Å². The molecule has 186 valence electrons. The largest absolute Gasteiger partial charge is 0.355 e. The van der Waals surface area contributed by atoms with Crippen LogP contribution in [0.4, 0.5) is 20.4 Å². The van der Waals surface area contributed by atoms with Gasteiger partial charge in [0.25, 0.3) is 11.8 Å². The monoisotopic (exact) mass is 483 g/mol. The van der Waals surface area contributed by atoms with Crippen LogP contribution >= 0.6 is 0 Å². The second-order valence-corrected chi connectivity index (χ2v) is 9.86. The van der Waals surface area contributed by atoms with Gasteiger partial charge in [0.15, 0.2) is 0 Å². The summed E-state index contributed by atoms with van der Waals surface area (Å²) in [6.07, 6.45) is 1.14. The van der Waals surface area contributed by atoms with Gasteiger partial charge in [-0.05, 0) is 37.6 Å². The SMILES string of the molecule is CN1CCN(C(=O)c2ccc(NC(=O)C3CC3)nc2N2CCC(F)(F)CC2)C(c2ccccc2)C1. The van der Waals surface area contributed by atoms with Gasteiger partial charge in [-0.3, -0.25) is 9.59 Å². The van der Waals surface area contributed by atoms with Crippen LogP contribution in [0.15, 0.2) is 42.5 Å². The molecule has 2 amide bonds. The fraction of sp³-hybridized carbons (Fsp3) is 0.500. The van der Waals surface area contributed by atoms with E-state index in [2.05, 4.69) is 15.2 Å². The predicted octanol–water partition coefficient (Wildman–Crippen LogP) is 3.79. The van der Waals surface area contributed by atoms with Crippen molar-refractivity contribution < 1.29 is 18.4 Å². The van der Waals surface area contributed by atoms with Gasteiger partial charge in [-0.2, -0.15) is 0 Å². The summed E-state index contributed by atoms with van der Waals surface area (Å²) in [6.45, 7) is 2.19. The highest BCUT2D eigenvalue weighted by Gasteiger charge is 2.38. The Morgan fingerprint density at radius 3 is 2.40 bits per heavy atom. The smallest absolute Gasteiger partial charge is 0.258 e. The van der Waals surface area contributed by atoms with Crippen molar-refractivity contribution in [1.82, 2.24) is 14.8 Å². The number of likely N-dealkylation sites (N-methyl/N-ethyl adjacent to an activating group) is 1. The van der Waals surface area contributed by atoms with Crippen LogP contribution in [0, 0.1) is 5.92 Å². The van der Waals surface area contributed by atoms with Gasteiger partial charge in [0.05, 0.1) is 11.6 Å². The van der Waals surface area contributed by atoms with Crippen LogP contribution in [0.3, 0.4) is 0 Å². The van der Waals surface area contributed by atoms with Gasteiger partial charge in [-0.15, -0.1) is 0 Å². The van der Waals surface area contributed by atoms with Crippen LogP contribution in [0.5, 0.6) is 0 Å². The molecule has 0 bridgehead atoms. The highest BCUT2D eigenvalue weighted by molar-refractivity contribution is 6.00. The maximum absolute atomic E-state index is 13.9. The van der Waals surface area contributed by atoms with E-state index in [-0.39, 0.29) is 49.7 Å². The van der Waals surface area contributed by atoms with Crippen molar-refractivity contribution in [2.45, 2.75) is 37.6 Å². The summed E-state index contributed by atoms with van der Waals surface area (Å²) >= 11 is 0. The molecule has 1 saturated carbocycles. The number of hydrogen-bond donors (Lipinski definition) is 1. The second kappa shape index (κ2) is 9.53. The summed E-state index contributed by atoms with van der Waals surface area (Å²) in [6, 6.07) is 13.1. The van der Waals surface area contributed by atoms with E-state index in [4.69, 9.17) is 0 Å². The van der Waals surface area contributed by atoms with Crippen LogP contribution in [0.2, 0.25) is 0 Å². The molecule has 0 radical (unpaired) electrons. The number of amides is 2. The summed E-state index contributed by atoms with van der Waals surface area (Å²) in [5.41, 5.74) is 1.43. The van der Waals surface area contributed by atoms with E-state index in [1.807, 2.05) is 42.3 Å². The first kappa shape index (κ1) is 23.7. The number of nitrogens with zero attached hydrogens (tertiary/aromatic N) is 4. The Labute approximate surface area is 204 Å². The number of hydrogen-bond acceptors (Lipinski definition) is 5. The number of benzene rings is 1. The molecule has 1 aromatic carbocycles. The molecular formula is C26H31F2N5O2. The first-order valence-corrected chi connectivity index (χ1v) is 12.3. The first-order chi connectivity index (χ1) is 16.8. The number of piperidine rings is 1. The molecule has 1 aromatic heterocycles. The minimum atomic E-state index is -2.71. The first-order valence-electron chi connectivity index (χ1n) is 12.3. The maximum Gasteiger partial charge on any atom is 0.258 e. The number of halogens is 2. The third-order valence-corrected chi connectivity index (χ3v) is 7.13. The zero-order chi connectivity index (χ0) is 24.6. The van der Waals surface area contributed by atoms with Crippen molar-refractivity contribution in [2.75, 3.05) is 50.0 Å². The fourth-order valence-electron chi connectivity index (χ4n) is 4.82. The van der Waals surface area contributed by atoms with Gasteiger partial charge in [0.1, 0.15) is 11.6 Å². The number of piperazine rings is 1. The second-order valence-electron chi connectivity index (χ2n) is 9.86. The fourth-order valence-corrected chi connectivity index (χ4v) is 4.82. The van der Waals surface area contributed by atoms with Gasteiger partial charge in [-0.1, -0.05) is 30.3 Å². The lowest BCUT2D eigenvalue weighted by molar-refractivity contribution is -0.117. The molecule has 2 aliphatic heterocycles. The predicted molar refractivity (Wildman–Crippen MR) is 130 cm³/mol. The van der Waals surface area contributed by atoms with Crippen LogP contribution in [0.25, 0.3) is 0 Å². The number of rotatable bonds is 5. The van der Waals surface area contributed by atoms with Crippen molar-refractivity contribution in [3.8, 4) is 0 Å². The van der Waals surface area contributed by atoms with E-state index in [1.54, 1.807) is 17.0 Å². The van der Waals surface area contributed by atoms with E-state index in [0.717, 1.165) is 24.9 Å². The zero-order valence-electron chi connectivity index (χ0n) is 19.9. The highest BCUT2D eigenvalue weighted by atomic mass is 19.3. The van der Waals surface area contributed by atoms with Crippen LogP contribution < -0.4 is 10.2 Å². The van der Waals surface area contributed by atoms with Crippen molar-refractivity contribution in [2.24, 2.45) is 5.92 Å². The molecule has 0 spiro atoms. The van der Waals surface area contributed by atoms with Crippen molar-refractivity contribution in [3.63, 3.8) is 0 Å². The van der Waals surface area contributed by atoms with Gasteiger partial charge < -0.3 is 20.0 Å². The number of carbonyl (C=O) groups is 2. The van der Waals surface area contributed by atoms with E-state index >= 15 is 0 Å². The Morgan fingerprint density at radius 2 is 1.71 bits per heavy atom. The number of anilines is 2. The Hall–Kier alpha value is -3.07. The van der Waals surface area contributed by atoms with Crippen LogP contribution in [-0.4, -0.2) is 72.3 Å². The number of alkyl halides is 2. The summed E-state index contributed by atoms with van der Waals surface area (Å²) in [7, 11) is 2.04. The molecule has 35 heavy (non-hydrogen) atoms. The van der Waals surface area contributed by atoms with Crippen molar-refractivity contribution in [3.05, 3.63) is 53.6 Å². The summed E-state index contributed by atoms with van der Waals surface area (Å²) in [5, 5.41) is 2.83. The van der Waals surface area contributed by atoms with Crippen LogP contribution in [-0.2, 0) is 4.79 Å². The molecule has 1 atom stereocenters. The van der Waals surface area contributed by atoms with E-state index < -0.39 is 5.92 Å². The molecule has 3 heterocycles. The Bertz CT molecular complexity index is 1080. The lowest BCUT2D eigenvalue weighted by Crippen LogP contribution is -2.49. The maximum atomic E-state index is 13.9. The zero-order valence-corrected chi connectivity index (χ0v) is 19.9. The summed E-state index contributed by atoms with van der Waals surface area (Å²) in [4.78, 5) is 36.7. The minimum absolute atomic E-state index is 0.00667. The molecule has 5 rings (SSSR count). The average Bonchev–Trinajstić information content (AvgIpc) is 3.70. The Morgan fingerprint density at radius 1 is 1.00 bits per heavy atom. The van der Waals surface area contributed by atoms with Crippen molar-refractivity contribution in [1.29, 1.82) is 0 Å². The van der Waals surface area contributed by atoms with Gasteiger partial charge >= 0.3 is 0 Å². The van der Waals surface area contributed by atoms with Gasteiger partial charge in [0.2, 0.25) is 5.91 Å². The third-order valence-electron chi connectivity index (χ3n) is 7.13. The standard InChI is InChI=1S/C26H31F2N5O2/c1-31-15-16-33(21(17-31)18-5-3-2-4-6-18)25(35)20-9-10-22(30-24(34)19-7-8-19)29-23(20)32-13-11-26(27,28)12-14-32/h2-6,9-10,19,21H,7-8,11-17H2,1H3,(H,29,30,34). The quantitative estimate of drug-likeness (QED) is 0.701. The Kier molecular flexibility index (Phi) is 6.44. The molecule has 2 saturated heterocycles. The number of nitrogens with one attached hydrogen (secondary N) is 1. The topological polar surface area (TPSA) is 68.8 Å². The molecule has 7 nitrogen and oxygen atoms in total. The number of pyridine rings is 1. The number of carbonyl (C=O) groups excluding carboxylic acids is 2. The summed E-state index contributed by atoms with van der Waals surface area (Å²) in [5.74, 6) is -2.25. The molecule has 1 unspecified atom stereocenters. The molecule has 3 aliphatic rings. The Balaban J connectivity index is 1.47. The molecule has 1 aliphatic carbocycles. The number of aromatic nitrogens is 1. The van der Waals surface area contributed by atoms with E-state index in [1.165, 1.54) is 0 Å². The third kappa shape index (κ3) is 5.29. The minimum Gasteiger partial charge on any atom is -0.355 e. The van der Waals surface area contributed by atoms with E-state index in [9.17, 15) is 18.4 Å². The van der Waals surface area contributed by atoms with Crippen molar-refractivity contribution >= 4 is 23.5 Å². The van der Waals surface area contributed by atoms with Gasteiger partial charge in [0, 0.05) is 51.5 Å². The molecule has 3 fully saturated rings. The normalized spacial score (nSPS) is 22.7. The summed E-state index contributed by atoms with van der Waals surface area (Å²) < 4.78 is 27.8. The van der Waals surface area contributed by atoms with E-state index in [0.29, 0.717) is 30.3 Å². The molecule has 1 N–H and O–H groups in total. The lowest BCUT2D eigenvalue weighted by atomic mass is 10.0. The molecule has 2 aromatic rings. The van der Waals surface area contributed by atoms with Gasteiger partial charge in [-0.25, -0.2) is 13.8 Å². The average molecular weight is 484 g/mol.